The van der Waals surface area contributed by atoms with E-state index in [2.05, 4.69) is 10.4 Å². The standard InChI is InChI=1S/C18H17F2N3O.ClH/c19-12-1-4-14(5-2-12)23-17-6-3-13(20)11-16(17)18(22-23)24-15-7-9-21-10-8-15;/h1-6,11,15,21H,7-10H2;1H. The first kappa shape index (κ1) is 17.6. The third-order valence-corrected chi connectivity index (χ3v) is 4.24. The molecule has 7 heteroatoms. The van der Waals surface area contributed by atoms with Crippen LogP contribution >= 0.6 is 12.4 Å². The van der Waals surface area contributed by atoms with Gasteiger partial charge in [-0.1, -0.05) is 0 Å². The van der Waals surface area contributed by atoms with Crippen LogP contribution < -0.4 is 10.1 Å². The van der Waals surface area contributed by atoms with Gasteiger partial charge in [0.2, 0.25) is 5.88 Å². The Morgan fingerprint density at radius 1 is 1.00 bits per heavy atom. The maximum atomic E-state index is 13.7. The van der Waals surface area contributed by atoms with E-state index in [4.69, 9.17) is 4.74 Å². The number of benzene rings is 2. The lowest BCUT2D eigenvalue weighted by Crippen LogP contribution is -2.34. The van der Waals surface area contributed by atoms with Crippen LogP contribution in [0.25, 0.3) is 16.6 Å². The molecule has 0 spiro atoms. The molecule has 0 amide bonds. The molecule has 1 fully saturated rings. The quantitative estimate of drug-likeness (QED) is 0.766. The summed E-state index contributed by atoms with van der Waals surface area (Å²) in [5.41, 5.74) is 1.43. The van der Waals surface area contributed by atoms with E-state index in [0.29, 0.717) is 17.0 Å². The molecule has 4 nitrogen and oxygen atoms in total. The molecule has 2 aromatic carbocycles. The molecule has 0 bridgehead atoms. The van der Waals surface area contributed by atoms with E-state index in [1.165, 1.54) is 24.3 Å². The minimum atomic E-state index is -0.337. The van der Waals surface area contributed by atoms with Gasteiger partial charge < -0.3 is 10.1 Å². The number of piperidine rings is 1. The molecule has 0 unspecified atom stereocenters. The molecule has 0 radical (unpaired) electrons. The van der Waals surface area contributed by atoms with Gasteiger partial charge in [0.1, 0.15) is 17.7 Å². The van der Waals surface area contributed by atoms with Crippen molar-refractivity contribution >= 4 is 23.3 Å². The number of rotatable bonds is 3. The van der Waals surface area contributed by atoms with Crippen LogP contribution in [-0.4, -0.2) is 29.0 Å². The lowest BCUT2D eigenvalue weighted by molar-refractivity contribution is 0.157. The molecule has 3 aromatic rings. The zero-order valence-corrected chi connectivity index (χ0v) is 14.2. The molecule has 132 valence electrons. The largest absolute Gasteiger partial charge is 0.473 e. The highest BCUT2D eigenvalue weighted by Crippen LogP contribution is 2.30. The van der Waals surface area contributed by atoms with Gasteiger partial charge in [0.15, 0.2) is 0 Å². The Labute approximate surface area is 150 Å². The van der Waals surface area contributed by atoms with E-state index in [1.807, 2.05) is 0 Å². The average molecular weight is 366 g/mol. The van der Waals surface area contributed by atoms with Gasteiger partial charge in [0.05, 0.1) is 16.6 Å². The first-order valence-electron chi connectivity index (χ1n) is 8.02. The minimum Gasteiger partial charge on any atom is -0.473 e. The van der Waals surface area contributed by atoms with E-state index in [0.717, 1.165) is 31.4 Å². The van der Waals surface area contributed by atoms with Crippen LogP contribution in [0, 0.1) is 11.6 Å². The first-order chi connectivity index (χ1) is 11.7. The van der Waals surface area contributed by atoms with Crippen molar-refractivity contribution in [3.05, 3.63) is 54.1 Å². The smallest absolute Gasteiger partial charge is 0.241 e. The Morgan fingerprint density at radius 2 is 1.68 bits per heavy atom. The van der Waals surface area contributed by atoms with Gasteiger partial charge in [0, 0.05) is 0 Å². The number of nitrogens with zero attached hydrogens (tertiary/aromatic N) is 2. The minimum absolute atomic E-state index is 0. The number of aromatic nitrogens is 2. The predicted molar refractivity (Wildman–Crippen MR) is 94.8 cm³/mol. The molecule has 0 aliphatic carbocycles. The van der Waals surface area contributed by atoms with Gasteiger partial charge in [-0.25, -0.2) is 13.5 Å². The molecule has 0 saturated carbocycles. The molecule has 1 aliphatic rings. The van der Waals surface area contributed by atoms with Crippen LogP contribution in [0.2, 0.25) is 0 Å². The van der Waals surface area contributed by atoms with Crippen LogP contribution in [0.3, 0.4) is 0 Å². The van der Waals surface area contributed by atoms with E-state index in [9.17, 15) is 8.78 Å². The third kappa shape index (κ3) is 3.60. The highest BCUT2D eigenvalue weighted by atomic mass is 35.5. The van der Waals surface area contributed by atoms with Gasteiger partial charge in [-0.3, -0.25) is 0 Å². The monoisotopic (exact) mass is 365 g/mol. The fourth-order valence-corrected chi connectivity index (χ4v) is 3.00. The van der Waals surface area contributed by atoms with Crippen LogP contribution in [0.4, 0.5) is 8.78 Å². The summed E-state index contributed by atoms with van der Waals surface area (Å²) in [6.07, 6.45) is 1.84. The van der Waals surface area contributed by atoms with Crippen molar-refractivity contribution in [1.82, 2.24) is 15.1 Å². The molecule has 1 saturated heterocycles. The fraction of sp³-hybridized carbons (Fsp3) is 0.278. The van der Waals surface area contributed by atoms with Gasteiger partial charge in [-0.2, -0.15) is 0 Å². The fourth-order valence-electron chi connectivity index (χ4n) is 3.00. The van der Waals surface area contributed by atoms with Crippen molar-refractivity contribution < 1.29 is 13.5 Å². The van der Waals surface area contributed by atoms with Crippen molar-refractivity contribution in [2.75, 3.05) is 13.1 Å². The molecule has 1 aromatic heterocycles. The average Bonchev–Trinajstić information content (AvgIpc) is 2.94. The second-order valence-electron chi connectivity index (χ2n) is 5.92. The molecule has 4 rings (SSSR count). The molecule has 0 atom stereocenters. The van der Waals surface area contributed by atoms with Crippen molar-refractivity contribution in [2.24, 2.45) is 0 Å². The summed E-state index contributed by atoms with van der Waals surface area (Å²) in [5.74, 6) is -0.232. The number of hydrogen-bond acceptors (Lipinski definition) is 3. The topological polar surface area (TPSA) is 39.1 Å². The van der Waals surface area contributed by atoms with Crippen LogP contribution in [0.5, 0.6) is 5.88 Å². The van der Waals surface area contributed by atoms with Crippen LogP contribution in [-0.2, 0) is 0 Å². The summed E-state index contributed by atoms with van der Waals surface area (Å²) in [6, 6.07) is 10.5. The Bertz CT molecular complexity index is 861. The second-order valence-corrected chi connectivity index (χ2v) is 5.92. The maximum Gasteiger partial charge on any atom is 0.241 e. The lowest BCUT2D eigenvalue weighted by Gasteiger charge is -2.22. The molecule has 25 heavy (non-hydrogen) atoms. The van der Waals surface area contributed by atoms with Crippen LogP contribution in [0.15, 0.2) is 42.5 Å². The van der Waals surface area contributed by atoms with Gasteiger partial charge in [-0.05, 0) is 68.4 Å². The molecule has 2 heterocycles. The lowest BCUT2D eigenvalue weighted by atomic mass is 10.1. The van der Waals surface area contributed by atoms with E-state index in [-0.39, 0.29) is 30.1 Å². The normalized spacial score (nSPS) is 15.1. The van der Waals surface area contributed by atoms with E-state index in [1.54, 1.807) is 22.9 Å². The number of fused-ring (bicyclic) bond motifs is 1. The van der Waals surface area contributed by atoms with E-state index >= 15 is 0 Å². The zero-order chi connectivity index (χ0) is 16.5. The van der Waals surface area contributed by atoms with Crippen molar-refractivity contribution in [3.63, 3.8) is 0 Å². The van der Waals surface area contributed by atoms with E-state index < -0.39 is 0 Å². The molecular formula is C18H18ClF2N3O. The number of hydrogen-bond donors (Lipinski definition) is 1. The molecule has 1 N–H and O–H groups in total. The van der Waals surface area contributed by atoms with Gasteiger partial charge in [0.25, 0.3) is 0 Å². The number of ether oxygens (including phenoxy) is 1. The Kier molecular flexibility index (Phi) is 5.20. The number of nitrogens with one attached hydrogen (secondary N) is 1. The summed E-state index contributed by atoms with van der Waals surface area (Å²) in [4.78, 5) is 0. The van der Waals surface area contributed by atoms with Crippen molar-refractivity contribution in [1.29, 1.82) is 0 Å². The highest BCUT2D eigenvalue weighted by Gasteiger charge is 2.20. The summed E-state index contributed by atoms with van der Waals surface area (Å²) in [5, 5.41) is 8.41. The highest BCUT2D eigenvalue weighted by molar-refractivity contribution is 5.86. The Morgan fingerprint density at radius 3 is 2.40 bits per heavy atom. The zero-order valence-electron chi connectivity index (χ0n) is 13.4. The molecular weight excluding hydrogens is 348 g/mol. The summed E-state index contributed by atoms with van der Waals surface area (Å²) in [7, 11) is 0. The summed E-state index contributed by atoms with van der Waals surface area (Å²) >= 11 is 0. The van der Waals surface area contributed by atoms with Crippen LogP contribution in [0.1, 0.15) is 12.8 Å². The summed E-state index contributed by atoms with van der Waals surface area (Å²) in [6.45, 7) is 1.80. The maximum absolute atomic E-state index is 13.7. The molecule has 1 aliphatic heterocycles. The Balaban J connectivity index is 0.00000182. The second kappa shape index (κ2) is 7.37. The van der Waals surface area contributed by atoms with Crippen molar-refractivity contribution in [2.45, 2.75) is 18.9 Å². The summed E-state index contributed by atoms with van der Waals surface area (Å²) < 4.78 is 34.6. The third-order valence-electron chi connectivity index (χ3n) is 4.24. The first-order valence-corrected chi connectivity index (χ1v) is 8.02. The van der Waals surface area contributed by atoms with Gasteiger partial charge >= 0.3 is 0 Å². The Hall–Kier alpha value is -2.18. The SMILES string of the molecule is Cl.Fc1ccc(-n2nc(OC3CCNCC3)c3cc(F)ccc32)cc1. The van der Waals surface area contributed by atoms with Crippen molar-refractivity contribution in [3.8, 4) is 11.6 Å². The van der Waals surface area contributed by atoms with Gasteiger partial charge in [-0.15, -0.1) is 17.5 Å². The predicted octanol–water partition coefficient (Wildman–Crippen LogP) is 3.86. The number of halogens is 3.